The Morgan fingerprint density at radius 3 is 2.73 bits per heavy atom. The van der Waals surface area contributed by atoms with Crippen LogP contribution >= 0.6 is 0 Å². The maximum Gasteiger partial charge on any atom is 0.275 e. The van der Waals surface area contributed by atoms with Crippen molar-refractivity contribution < 1.29 is 27.5 Å². The van der Waals surface area contributed by atoms with Crippen LogP contribution in [-0.2, 0) is 0 Å². The number of hydrogen-bond acceptors (Lipinski definition) is 6. The summed E-state index contributed by atoms with van der Waals surface area (Å²) in [6.45, 7) is -0.324. The number of aromatic amines is 1. The number of rotatable bonds is 4. The van der Waals surface area contributed by atoms with Crippen LogP contribution in [0, 0.1) is 11.6 Å². The highest BCUT2D eigenvalue weighted by Gasteiger charge is 2.40. The molecule has 1 saturated carbocycles. The number of carbonyl (C=O) groups is 1. The Balaban J connectivity index is 1.51. The van der Waals surface area contributed by atoms with E-state index in [4.69, 9.17) is 0 Å². The molecule has 8 nitrogen and oxygen atoms in total. The van der Waals surface area contributed by atoms with Gasteiger partial charge in [-0.25, -0.2) is 27.5 Å². The number of nitrogens with zero attached hydrogens (tertiary/aromatic N) is 4. The highest BCUT2D eigenvalue weighted by atomic mass is 19.1. The standard InChI is InChI=1S/C21H20F4N6O2/c22-9-1-2-13(25)12(3-9)15-5-11(24)7-31(15)21(33)18-17-19(26-8-27-20(17)30-29-18)28-14-4-10(23)6-16(14)32/h1-3,8,10-11,14-16,32H,4-7H2,(H2,26,27,28,29,30)/t10-,11-,14-,15+,16-/m0/s1. The van der Waals surface area contributed by atoms with E-state index >= 15 is 0 Å². The number of alkyl halides is 2. The predicted octanol–water partition coefficient (Wildman–Crippen LogP) is 2.83. The number of H-pyrrole nitrogens is 1. The fourth-order valence-electron chi connectivity index (χ4n) is 4.62. The monoisotopic (exact) mass is 464 g/mol. The van der Waals surface area contributed by atoms with Gasteiger partial charge in [-0.05, 0) is 18.2 Å². The average Bonchev–Trinajstić information content (AvgIpc) is 3.46. The van der Waals surface area contributed by atoms with E-state index in [1.807, 2.05) is 0 Å². The Labute approximate surface area is 185 Å². The summed E-state index contributed by atoms with van der Waals surface area (Å²) in [5, 5.41) is 19.8. The molecule has 1 aliphatic heterocycles. The molecule has 3 N–H and O–H groups in total. The van der Waals surface area contributed by atoms with Gasteiger partial charge >= 0.3 is 0 Å². The van der Waals surface area contributed by atoms with Gasteiger partial charge in [-0.15, -0.1) is 0 Å². The van der Waals surface area contributed by atoms with Crippen molar-refractivity contribution >= 4 is 22.8 Å². The van der Waals surface area contributed by atoms with Crippen molar-refractivity contribution in [3.63, 3.8) is 0 Å². The molecule has 1 saturated heterocycles. The number of fused-ring (bicyclic) bond motifs is 1. The number of amides is 1. The van der Waals surface area contributed by atoms with Crippen molar-refractivity contribution in [3.05, 3.63) is 47.4 Å². The van der Waals surface area contributed by atoms with Gasteiger partial charge in [0.25, 0.3) is 5.91 Å². The van der Waals surface area contributed by atoms with Crippen molar-refractivity contribution in [1.29, 1.82) is 0 Å². The summed E-state index contributed by atoms with van der Waals surface area (Å²) in [5.41, 5.74) is -0.0704. The molecule has 2 aliphatic rings. The zero-order valence-electron chi connectivity index (χ0n) is 17.2. The Kier molecular flexibility index (Phi) is 5.39. The summed E-state index contributed by atoms with van der Waals surface area (Å²) < 4.78 is 56.2. The molecule has 5 rings (SSSR count). The number of aliphatic hydroxyl groups excluding tert-OH is 1. The van der Waals surface area contributed by atoms with Crippen LogP contribution in [0.4, 0.5) is 23.4 Å². The SMILES string of the molecule is O=C(c1n[nH]c2ncnc(N[C@H]3C[C@H](F)C[C@@H]3O)c12)N1C[C@@H](F)C[C@@H]1c1cc(F)ccc1F. The summed E-state index contributed by atoms with van der Waals surface area (Å²) in [6.07, 6.45) is -2.49. The molecule has 3 heterocycles. The summed E-state index contributed by atoms with van der Waals surface area (Å²) in [5.74, 6) is -2.02. The number of aliphatic hydroxyl groups is 1. The van der Waals surface area contributed by atoms with Crippen LogP contribution in [0.3, 0.4) is 0 Å². The fraction of sp³-hybridized carbons (Fsp3) is 0.429. The minimum atomic E-state index is -1.43. The second-order valence-corrected chi connectivity index (χ2v) is 8.38. The zero-order valence-corrected chi connectivity index (χ0v) is 17.2. The molecule has 0 unspecified atom stereocenters. The first-order chi connectivity index (χ1) is 15.8. The van der Waals surface area contributed by atoms with Crippen LogP contribution in [-0.4, -0.2) is 67.1 Å². The number of aromatic nitrogens is 4. The smallest absolute Gasteiger partial charge is 0.275 e. The van der Waals surface area contributed by atoms with Crippen molar-refractivity contribution in [2.24, 2.45) is 0 Å². The van der Waals surface area contributed by atoms with E-state index in [9.17, 15) is 27.5 Å². The molecule has 3 aromatic rings. The van der Waals surface area contributed by atoms with Gasteiger partial charge < -0.3 is 15.3 Å². The van der Waals surface area contributed by atoms with E-state index < -0.39 is 48.1 Å². The minimum Gasteiger partial charge on any atom is -0.391 e. The number of anilines is 1. The third-order valence-electron chi connectivity index (χ3n) is 6.18. The number of likely N-dealkylation sites (tertiary alicyclic amines) is 1. The highest BCUT2D eigenvalue weighted by molar-refractivity contribution is 6.07. The summed E-state index contributed by atoms with van der Waals surface area (Å²) >= 11 is 0. The molecule has 1 aromatic carbocycles. The largest absolute Gasteiger partial charge is 0.391 e. The van der Waals surface area contributed by atoms with Gasteiger partial charge in [0.2, 0.25) is 0 Å². The van der Waals surface area contributed by atoms with Crippen LogP contribution in [0.25, 0.3) is 11.0 Å². The summed E-state index contributed by atoms with van der Waals surface area (Å²) in [6, 6.07) is 1.17. The molecule has 12 heteroatoms. The molecule has 0 radical (unpaired) electrons. The van der Waals surface area contributed by atoms with Gasteiger partial charge in [0.05, 0.1) is 30.1 Å². The topological polar surface area (TPSA) is 107 Å². The number of benzene rings is 1. The number of halogens is 4. The Hall–Kier alpha value is -3.28. The average molecular weight is 464 g/mol. The van der Waals surface area contributed by atoms with Gasteiger partial charge in [-0.2, -0.15) is 5.10 Å². The fourth-order valence-corrected chi connectivity index (χ4v) is 4.62. The van der Waals surface area contributed by atoms with Crippen LogP contribution in [0.5, 0.6) is 0 Å². The van der Waals surface area contributed by atoms with E-state index in [-0.39, 0.29) is 53.9 Å². The summed E-state index contributed by atoms with van der Waals surface area (Å²) in [4.78, 5) is 22.7. The van der Waals surface area contributed by atoms with E-state index in [1.165, 1.54) is 6.33 Å². The molecule has 1 aliphatic carbocycles. The first kappa shape index (κ1) is 21.6. The van der Waals surface area contributed by atoms with Gasteiger partial charge in [-0.1, -0.05) is 0 Å². The molecule has 5 atom stereocenters. The van der Waals surface area contributed by atoms with E-state index in [1.54, 1.807) is 0 Å². The predicted molar refractivity (Wildman–Crippen MR) is 109 cm³/mol. The molecular formula is C21H20F4N6O2. The Morgan fingerprint density at radius 1 is 1.15 bits per heavy atom. The van der Waals surface area contributed by atoms with E-state index in [2.05, 4.69) is 25.5 Å². The first-order valence-electron chi connectivity index (χ1n) is 10.5. The molecule has 0 bridgehead atoms. The number of hydrogen-bond donors (Lipinski definition) is 3. The van der Waals surface area contributed by atoms with Crippen molar-refractivity contribution in [2.75, 3.05) is 11.9 Å². The van der Waals surface area contributed by atoms with Crippen LogP contribution < -0.4 is 5.32 Å². The van der Waals surface area contributed by atoms with Gasteiger partial charge in [-0.3, -0.25) is 9.89 Å². The maximum atomic E-state index is 14.4. The quantitative estimate of drug-likeness (QED) is 0.513. The molecular weight excluding hydrogens is 444 g/mol. The molecule has 1 amide bonds. The lowest BCUT2D eigenvalue weighted by molar-refractivity contribution is 0.0722. The second kappa shape index (κ2) is 8.25. The third kappa shape index (κ3) is 3.88. The van der Waals surface area contributed by atoms with Gasteiger partial charge in [0.1, 0.15) is 36.1 Å². The molecule has 33 heavy (non-hydrogen) atoms. The third-order valence-corrected chi connectivity index (χ3v) is 6.18. The molecule has 2 aromatic heterocycles. The lowest BCUT2D eigenvalue weighted by Crippen LogP contribution is -2.32. The molecule has 174 valence electrons. The van der Waals surface area contributed by atoms with E-state index in [0.717, 1.165) is 23.1 Å². The second-order valence-electron chi connectivity index (χ2n) is 8.38. The zero-order chi connectivity index (χ0) is 23.3. The number of nitrogens with one attached hydrogen (secondary N) is 2. The highest BCUT2D eigenvalue weighted by Crippen LogP contribution is 2.37. The molecule has 2 fully saturated rings. The minimum absolute atomic E-state index is 0.0182. The Morgan fingerprint density at radius 2 is 1.97 bits per heavy atom. The van der Waals surface area contributed by atoms with Crippen molar-refractivity contribution in [3.8, 4) is 0 Å². The lowest BCUT2D eigenvalue weighted by atomic mass is 10.0. The lowest BCUT2D eigenvalue weighted by Gasteiger charge is -2.24. The normalized spacial score (nSPS) is 27.4. The van der Waals surface area contributed by atoms with Gasteiger partial charge in [0, 0.05) is 24.8 Å². The molecule has 0 spiro atoms. The van der Waals surface area contributed by atoms with Crippen molar-refractivity contribution in [2.45, 2.75) is 49.8 Å². The Bertz CT molecular complexity index is 1210. The number of carbonyl (C=O) groups excluding carboxylic acids is 1. The van der Waals surface area contributed by atoms with Gasteiger partial charge in [0.15, 0.2) is 11.3 Å². The summed E-state index contributed by atoms with van der Waals surface area (Å²) in [7, 11) is 0. The first-order valence-corrected chi connectivity index (χ1v) is 10.5. The van der Waals surface area contributed by atoms with E-state index in [0.29, 0.717) is 0 Å². The maximum absolute atomic E-state index is 14.4. The van der Waals surface area contributed by atoms with Crippen LogP contribution in [0.15, 0.2) is 24.5 Å². The van der Waals surface area contributed by atoms with Crippen LogP contribution in [0.1, 0.15) is 41.4 Å². The van der Waals surface area contributed by atoms with Crippen molar-refractivity contribution in [1.82, 2.24) is 25.1 Å². The van der Waals surface area contributed by atoms with Crippen LogP contribution in [0.2, 0.25) is 0 Å².